The van der Waals surface area contributed by atoms with E-state index < -0.39 is 18.2 Å². The number of nitrogens with zero attached hydrogens (tertiary/aromatic N) is 2. The molecule has 0 fully saturated rings. The fraction of sp³-hybridized carbons (Fsp3) is 0.432. The average molecular weight is 690 g/mol. The van der Waals surface area contributed by atoms with E-state index in [0.717, 1.165) is 19.3 Å². The van der Waals surface area contributed by atoms with Gasteiger partial charge in [-0.1, -0.05) is 25.1 Å². The molecule has 50 heavy (non-hydrogen) atoms. The zero-order chi connectivity index (χ0) is 35.6. The number of anilines is 3. The fourth-order valence-electron chi connectivity index (χ4n) is 5.82. The Balaban J connectivity index is 1.36. The Morgan fingerprint density at radius 3 is 2.36 bits per heavy atom. The highest BCUT2D eigenvalue weighted by molar-refractivity contribution is 6.02. The van der Waals surface area contributed by atoms with Crippen molar-refractivity contribution in [1.82, 2.24) is 9.80 Å². The van der Waals surface area contributed by atoms with Crippen LogP contribution in [0.25, 0.3) is 0 Å². The highest BCUT2D eigenvalue weighted by Crippen LogP contribution is 2.34. The Morgan fingerprint density at radius 2 is 1.62 bits per heavy atom. The molecule has 0 saturated heterocycles. The monoisotopic (exact) mass is 689 g/mol. The van der Waals surface area contributed by atoms with Gasteiger partial charge in [-0.25, -0.2) is 9.59 Å². The maximum Gasteiger partial charge on any atom is 0.323 e. The lowest BCUT2D eigenvalue weighted by Crippen LogP contribution is -2.48. The van der Waals surface area contributed by atoms with E-state index in [4.69, 9.17) is 18.9 Å². The van der Waals surface area contributed by atoms with Crippen LogP contribution in [-0.2, 0) is 4.74 Å². The predicted molar refractivity (Wildman–Crippen MR) is 190 cm³/mol. The predicted octanol–water partition coefficient (Wildman–Crippen LogP) is 6.02. The number of benzene rings is 3. The number of amides is 5. The maximum atomic E-state index is 14.4. The van der Waals surface area contributed by atoms with Gasteiger partial charge in [0, 0.05) is 55.8 Å². The minimum absolute atomic E-state index is 0.121. The first-order valence-corrected chi connectivity index (χ1v) is 17.0. The molecule has 0 aromatic heterocycles. The number of carbonyl (C=O) groups excluding carboxylic acids is 3. The highest BCUT2D eigenvalue weighted by atomic mass is 16.7. The number of likely N-dealkylation sites (N-methyl/N-ethyl adjacent to an activating group) is 1. The third-order valence-electron chi connectivity index (χ3n) is 8.77. The van der Waals surface area contributed by atoms with Crippen LogP contribution >= 0.6 is 0 Å². The van der Waals surface area contributed by atoms with Crippen LogP contribution in [0, 0.1) is 5.92 Å². The van der Waals surface area contributed by atoms with Gasteiger partial charge in [0.05, 0.1) is 30.4 Å². The quantitative estimate of drug-likeness (QED) is 0.235. The second kappa shape index (κ2) is 17.1. The van der Waals surface area contributed by atoms with Crippen LogP contribution in [0.3, 0.4) is 0 Å². The number of carbonyl (C=O) groups is 3. The van der Waals surface area contributed by atoms with Gasteiger partial charge >= 0.3 is 12.1 Å². The van der Waals surface area contributed by atoms with Gasteiger partial charge in [0.15, 0.2) is 11.5 Å². The topological polar surface area (TPSA) is 151 Å². The van der Waals surface area contributed by atoms with E-state index in [1.165, 1.54) is 0 Å². The molecule has 2 aliphatic rings. The van der Waals surface area contributed by atoms with Crippen molar-refractivity contribution < 1.29 is 38.4 Å². The van der Waals surface area contributed by atoms with Gasteiger partial charge in [0.1, 0.15) is 5.75 Å². The molecule has 3 aromatic rings. The molecule has 13 nitrogen and oxygen atoms in total. The summed E-state index contributed by atoms with van der Waals surface area (Å²) in [6.45, 7) is 6.55. The molecule has 0 spiro atoms. The summed E-state index contributed by atoms with van der Waals surface area (Å²) in [5.74, 6) is 0.929. The Labute approximate surface area is 292 Å². The molecule has 4 atom stereocenters. The number of para-hydroxylation sites is 1. The van der Waals surface area contributed by atoms with E-state index in [9.17, 15) is 19.5 Å². The van der Waals surface area contributed by atoms with Crippen LogP contribution in [0.1, 0.15) is 50.4 Å². The van der Waals surface area contributed by atoms with Crippen LogP contribution in [0.2, 0.25) is 0 Å². The molecule has 0 saturated carbocycles. The van der Waals surface area contributed by atoms with E-state index in [-0.39, 0.29) is 56.0 Å². The van der Waals surface area contributed by atoms with Crippen molar-refractivity contribution >= 4 is 35.0 Å². The molecule has 13 heteroatoms. The molecule has 0 bridgehead atoms. The van der Waals surface area contributed by atoms with Gasteiger partial charge in [-0.05, 0) is 75.6 Å². The van der Waals surface area contributed by atoms with Gasteiger partial charge in [-0.15, -0.1) is 0 Å². The number of fused-ring (bicyclic) bond motifs is 2. The molecule has 5 amide bonds. The van der Waals surface area contributed by atoms with Crippen LogP contribution in [0.5, 0.6) is 17.2 Å². The minimum atomic E-state index is -0.547. The Morgan fingerprint density at radius 1 is 0.920 bits per heavy atom. The van der Waals surface area contributed by atoms with Gasteiger partial charge in [0.2, 0.25) is 6.79 Å². The lowest BCUT2D eigenvalue weighted by atomic mass is 10.0. The van der Waals surface area contributed by atoms with E-state index in [0.29, 0.717) is 40.9 Å². The van der Waals surface area contributed by atoms with Gasteiger partial charge in [-0.3, -0.25) is 4.79 Å². The van der Waals surface area contributed by atoms with E-state index in [1.54, 1.807) is 60.2 Å². The number of aliphatic hydroxyl groups is 1. The van der Waals surface area contributed by atoms with Crippen LogP contribution in [0.15, 0.2) is 66.7 Å². The van der Waals surface area contributed by atoms with Crippen LogP contribution in [0.4, 0.5) is 26.7 Å². The average Bonchev–Trinajstić information content (AvgIpc) is 3.58. The number of hydrogen-bond acceptors (Lipinski definition) is 8. The third-order valence-corrected chi connectivity index (χ3v) is 8.77. The molecule has 3 aromatic carbocycles. The lowest BCUT2D eigenvalue weighted by Gasteiger charge is -2.35. The summed E-state index contributed by atoms with van der Waals surface area (Å²) in [5.41, 5.74) is 1.83. The van der Waals surface area contributed by atoms with Crippen molar-refractivity contribution in [3.63, 3.8) is 0 Å². The first-order valence-electron chi connectivity index (χ1n) is 17.0. The standard InChI is InChI=1S/C37H47N5O8/c1-24-20-42(25(2)22-43)35(44)30-18-28(38-36(45)39-29-14-16-32-33(19-29)49-23-48-32)13-15-31(30)50-26(3)10-8-9-17-47-34(24)21-41(4)37(46)40-27-11-6-5-7-12-27/h5-7,11-16,18-19,24-26,34,43H,8-10,17,20-23H2,1-4H3,(H,40,46)(H2,38,39,45)/t24-,25+,26+,34+/m0/s1. The molecule has 0 radical (unpaired) electrons. The zero-order valence-corrected chi connectivity index (χ0v) is 29.0. The van der Waals surface area contributed by atoms with Crippen molar-refractivity contribution in [3.8, 4) is 17.2 Å². The minimum Gasteiger partial charge on any atom is -0.490 e. The molecule has 2 heterocycles. The number of aliphatic hydroxyl groups excluding tert-OH is 1. The molecule has 5 rings (SSSR count). The Bertz CT molecular complexity index is 1620. The Kier molecular flexibility index (Phi) is 12.4. The summed E-state index contributed by atoms with van der Waals surface area (Å²) >= 11 is 0. The maximum absolute atomic E-state index is 14.4. The largest absolute Gasteiger partial charge is 0.490 e. The number of ether oxygens (including phenoxy) is 4. The van der Waals surface area contributed by atoms with Crippen molar-refractivity contribution in [2.75, 3.05) is 56.1 Å². The van der Waals surface area contributed by atoms with E-state index in [1.807, 2.05) is 44.2 Å². The second-order valence-corrected chi connectivity index (χ2v) is 12.8. The molecular formula is C37H47N5O8. The zero-order valence-electron chi connectivity index (χ0n) is 29.0. The Hall–Kier alpha value is -5.01. The van der Waals surface area contributed by atoms with Gasteiger partial charge in [0.25, 0.3) is 5.91 Å². The summed E-state index contributed by atoms with van der Waals surface area (Å²) in [4.78, 5) is 43.6. The van der Waals surface area contributed by atoms with Crippen molar-refractivity contribution in [3.05, 3.63) is 72.3 Å². The number of hydrogen-bond donors (Lipinski definition) is 4. The van der Waals surface area contributed by atoms with Crippen LogP contribution < -0.4 is 30.2 Å². The molecule has 2 aliphatic heterocycles. The highest BCUT2D eigenvalue weighted by Gasteiger charge is 2.31. The molecular weight excluding hydrogens is 642 g/mol. The van der Waals surface area contributed by atoms with Gasteiger partial charge < -0.3 is 49.8 Å². The van der Waals surface area contributed by atoms with Crippen molar-refractivity contribution in [2.45, 2.75) is 58.3 Å². The van der Waals surface area contributed by atoms with E-state index in [2.05, 4.69) is 16.0 Å². The number of urea groups is 2. The smallest absolute Gasteiger partial charge is 0.323 e. The summed E-state index contributed by atoms with van der Waals surface area (Å²) in [5, 5.41) is 18.7. The lowest BCUT2D eigenvalue weighted by molar-refractivity contribution is -0.0115. The first kappa shape index (κ1) is 36.3. The molecule has 0 unspecified atom stereocenters. The second-order valence-electron chi connectivity index (χ2n) is 12.8. The summed E-state index contributed by atoms with van der Waals surface area (Å²) in [6, 6.07) is 17.9. The fourth-order valence-corrected chi connectivity index (χ4v) is 5.82. The van der Waals surface area contributed by atoms with Crippen molar-refractivity contribution in [1.29, 1.82) is 0 Å². The van der Waals surface area contributed by atoms with Crippen LogP contribution in [-0.4, -0.2) is 91.3 Å². The SMILES string of the molecule is C[C@@H]1CCCCO[C@H](CN(C)C(=O)Nc2ccccc2)[C@@H](C)CN([C@H](C)CO)C(=O)c2cc(NC(=O)Nc3ccc4c(c3)OCO4)ccc2O1. The number of rotatable bonds is 7. The van der Waals surface area contributed by atoms with Gasteiger partial charge in [-0.2, -0.15) is 0 Å². The third kappa shape index (κ3) is 9.57. The molecule has 4 N–H and O–H groups in total. The summed E-state index contributed by atoms with van der Waals surface area (Å²) in [6.07, 6.45) is 1.76. The van der Waals surface area contributed by atoms with E-state index >= 15 is 0 Å². The molecule has 268 valence electrons. The summed E-state index contributed by atoms with van der Waals surface area (Å²) in [7, 11) is 1.71. The first-order chi connectivity index (χ1) is 24.1. The van der Waals surface area contributed by atoms with Crippen molar-refractivity contribution in [2.24, 2.45) is 5.92 Å². The summed E-state index contributed by atoms with van der Waals surface area (Å²) < 4.78 is 23.4. The molecule has 0 aliphatic carbocycles. The normalized spacial score (nSPS) is 20.1. The number of nitrogens with one attached hydrogen (secondary N) is 3.